The molecule has 1 aliphatic carbocycles. The van der Waals surface area contributed by atoms with Gasteiger partial charge >= 0.3 is 0 Å². The lowest BCUT2D eigenvalue weighted by atomic mass is 10.0. The average Bonchev–Trinajstić information content (AvgIpc) is 2.84. The maximum Gasteiger partial charge on any atom is 0.251 e. The highest BCUT2D eigenvalue weighted by Crippen LogP contribution is 2.28. The number of nitrogens with zero attached hydrogens (tertiary/aromatic N) is 1. The van der Waals surface area contributed by atoms with Gasteiger partial charge in [0, 0.05) is 12.6 Å². The quantitative estimate of drug-likeness (QED) is 0.640. The van der Waals surface area contributed by atoms with E-state index in [4.69, 9.17) is 0 Å². The molecule has 0 aliphatic heterocycles. The zero-order chi connectivity index (χ0) is 13.0. The molecule has 1 aromatic heterocycles. The number of pyridine rings is 1. The molecule has 1 aliphatic rings. The van der Waals surface area contributed by atoms with E-state index in [1.165, 1.54) is 25.7 Å². The van der Waals surface area contributed by atoms with Gasteiger partial charge in [0.2, 0.25) is 0 Å². The fourth-order valence-corrected chi connectivity index (χ4v) is 2.46. The van der Waals surface area contributed by atoms with Crippen molar-refractivity contribution in [2.75, 3.05) is 11.9 Å². The number of halogens is 3. The third-order valence-corrected chi connectivity index (χ3v) is 3.44. The topological polar surface area (TPSA) is 24.9 Å². The first kappa shape index (κ1) is 13.2. The van der Waals surface area contributed by atoms with Gasteiger partial charge in [0.1, 0.15) is 0 Å². The van der Waals surface area contributed by atoms with Crippen LogP contribution in [0.4, 0.5) is 19.0 Å². The second-order valence-electron chi connectivity index (χ2n) is 4.81. The molecule has 1 N–H and O–H groups in total. The highest BCUT2D eigenvalue weighted by Gasteiger charge is 2.15. The lowest BCUT2D eigenvalue weighted by Gasteiger charge is -2.10. The van der Waals surface area contributed by atoms with Crippen molar-refractivity contribution in [1.29, 1.82) is 0 Å². The molecule has 18 heavy (non-hydrogen) atoms. The van der Waals surface area contributed by atoms with E-state index in [-0.39, 0.29) is 5.82 Å². The highest BCUT2D eigenvalue weighted by atomic mass is 19.2. The zero-order valence-electron chi connectivity index (χ0n) is 10.2. The summed E-state index contributed by atoms with van der Waals surface area (Å²) in [6.45, 7) is 0.533. The maximum atomic E-state index is 13.2. The minimum Gasteiger partial charge on any atom is -0.368 e. The first-order chi connectivity index (χ1) is 8.66. The molecule has 100 valence electrons. The molecule has 1 aromatic rings. The molecule has 5 heteroatoms. The maximum absolute atomic E-state index is 13.2. The van der Waals surface area contributed by atoms with Gasteiger partial charge in [0.15, 0.2) is 17.5 Å². The van der Waals surface area contributed by atoms with Gasteiger partial charge in [-0.25, -0.2) is 8.78 Å². The van der Waals surface area contributed by atoms with Crippen LogP contribution < -0.4 is 5.32 Å². The summed E-state index contributed by atoms with van der Waals surface area (Å²) in [5.41, 5.74) is 0. The van der Waals surface area contributed by atoms with Crippen molar-refractivity contribution in [3.8, 4) is 0 Å². The molecule has 0 radical (unpaired) electrons. The monoisotopic (exact) mass is 258 g/mol. The van der Waals surface area contributed by atoms with E-state index in [0.717, 1.165) is 18.8 Å². The summed E-state index contributed by atoms with van der Waals surface area (Å²) in [7, 11) is 0. The zero-order valence-corrected chi connectivity index (χ0v) is 10.2. The Balaban J connectivity index is 1.77. The third kappa shape index (κ3) is 3.37. The smallest absolute Gasteiger partial charge is 0.251 e. The van der Waals surface area contributed by atoms with E-state index < -0.39 is 17.6 Å². The molecule has 1 fully saturated rings. The number of hydrogen-bond acceptors (Lipinski definition) is 2. The molecule has 0 saturated heterocycles. The second kappa shape index (κ2) is 6.07. The lowest BCUT2D eigenvalue weighted by molar-refractivity contribution is 0.465. The fourth-order valence-electron chi connectivity index (χ4n) is 2.46. The molecule has 2 rings (SSSR count). The van der Waals surface area contributed by atoms with Gasteiger partial charge in [0.25, 0.3) is 5.95 Å². The van der Waals surface area contributed by atoms with Crippen LogP contribution in [0.2, 0.25) is 0 Å². The van der Waals surface area contributed by atoms with Gasteiger partial charge in [-0.15, -0.1) is 0 Å². The Hall–Kier alpha value is -1.26. The Bertz CT molecular complexity index is 403. The Labute approximate surface area is 105 Å². The van der Waals surface area contributed by atoms with Crippen LogP contribution in [0, 0.1) is 23.5 Å². The first-order valence-electron chi connectivity index (χ1n) is 6.42. The van der Waals surface area contributed by atoms with Gasteiger partial charge in [0.05, 0.1) is 0 Å². The van der Waals surface area contributed by atoms with Gasteiger partial charge in [-0.3, -0.25) is 0 Å². The van der Waals surface area contributed by atoms with E-state index in [1.807, 2.05) is 0 Å². The summed E-state index contributed by atoms with van der Waals surface area (Å²) >= 11 is 0. The van der Waals surface area contributed by atoms with E-state index in [2.05, 4.69) is 10.3 Å². The standard InChI is InChI=1S/C13H17F3N2/c14-10-8-11(15)13(18-12(10)16)17-7-3-6-9-4-1-2-5-9/h8-9H,1-7H2,(H,17,18). The summed E-state index contributed by atoms with van der Waals surface area (Å²) in [5, 5.41) is 2.71. The van der Waals surface area contributed by atoms with Crippen molar-refractivity contribution in [3.05, 3.63) is 23.6 Å². The van der Waals surface area contributed by atoms with Crippen molar-refractivity contribution >= 4 is 5.82 Å². The van der Waals surface area contributed by atoms with Crippen LogP contribution in [0.15, 0.2) is 6.07 Å². The van der Waals surface area contributed by atoms with Crippen LogP contribution in [0.5, 0.6) is 0 Å². The molecule has 0 bridgehead atoms. The van der Waals surface area contributed by atoms with Crippen LogP contribution >= 0.6 is 0 Å². The van der Waals surface area contributed by atoms with Crippen molar-refractivity contribution in [2.24, 2.45) is 5.92 Å². The van der Waals surface area contributed by atoms with E-state index in [9.17, 15) is 13.2 Å². The van der Waals surface area contributed by atoms with Gasteiger partial charge in [-0.2, -0.15) is 9.37 Å². The van der Waals surface area contributed by atoms with Crippen molar-refractivity contribution in [2.45, 2.75) is 38.5 Å². The predicted octanol–water partition coefficient (Wildman–Crippen LogP) is 3.88. The SMILES string of the molecule is Fc1cc(F)c(NCCCC2CCCC2)nc1F. The predicted molar refractivity (Wildman–Crippen MR) is 63.8 cm³/mol. The van der Waals surface area contributed by atoms with Crippen LogP contribution in [0.3, 0.4) is 0 Å². The third-order valence-electron chi connectivity index (χ3n) is 3.44. The normalized spacial score (nSPS) is 16.2. The Morgan fingerprint density at radius 1 is 1.17 bits per heavy atom. The molecule has 0 atom stereocenters. The summed E-state index contributed by atoms with van der Waals surface area (Å²) in [6.07, 6.45) is 7.15. The molecule has 0 spiro atoms. The molecule has 1 saturated carbocycles. The summed E-state index contributed by atoms with van der Waals surface area (Å²) in [5.74, 6) is -2.82. The number of rotatable bonds is 5. The van der Waals surface area contributed by atoms with Crippen molar-refractivity contribution in [3.63, 3.8) is 0 Å². The molecule has 0 amide bonds. The Morgan fingerprint density at radius 2 is 1.89 bits per heavy atom. The summed E-state index contributed by atoms with van der Waals surface area (Å²) in [6, 6.07) is 0.516. The van der Waals surface area contributed by atoms with E-state index in [1.54, 1.807) is 0 Å². The lowest BCUT2D eigenvalue weighted by Crippen LogP contribution is -2.09. The van der Waals surface area contributed by atoms with Crippen molar-refractivity contribution < 1.29 is 13.2 Å². The van der Waals surface area contributed by atoms with Gasteiger partial charge in [-0.1, -0.05) is 25.7 Å². The molecule has 0 unspecified atom stereocenters. The number of hydrogen-bond donors (Lipinski definition) is 1. The van der Waals surface area contributed by atoms with Crippen LogP contribution in [-0.4, -0.2) is 11.5 Å². The summed E-state index contributed by atoms with van der Waals surface area (Å²) in [4.78, 5) is 3.21. The number of aromatic nitrogens is 1. The van der Waals surface area contributed by atoms with Crippen LogP contribution in [0.1, 0.15) is 38.5 Å². The first-order valence-corrected chi connectivity index (χ1v) is 6.42. The fraction of sp³-hybridized carbons (Fsp3) is 0.615. The molecular formula is C13H17F3N2. The van der Waals surface area contributed by atoms with Gasteiger partial charge < -0.3 is 5.32 Å². The number of anilines is 1. The average molecular weight is 258 g/mol. The van der Waals surface area contributed by atoms with Gasteiger partial charge in [-0.05, 0) is 18.8 Å². The number of nitrogens with one attached hydrogen (secondary N) is 1. The van der Waals surface area contributed by atoms with E-state index in [0.29, 0.717) is 12.6 Å². The van der Waals surface area contributed by atoms with E-state index >= 15 is 0 Å². The largest absolute Gasteiger partial charge is 0.368 e. The minimum atomic E-state index is -1.27. The molecule has 0 aromatic carbocycles. The molecule has 2 nitrogen and oxygen atoms in total. The van der Waals surface area contributed by atoms with Crippen LogP contribution in [-0.2, 0) is 0 Å². The Morgan fingerprint density at radius 3 is 2.61 bits per heavy atom. The minimum absolute atomic E-state index is 0.208. The highest BCUT2D eigenvalue weighted by molar-refractivity contribution is 5.35. The molecule has 1 heterocycles. The second-order valence-corrected chi connectivity index (χ2v) is 4.81. The van der Waals surface area contributed by atoms with Crippen molar-refractivity contribution in [1.82, 2.24) is 4.98 Å². The summed E-state index contributed by atoms with van der Waals surface area (Å²) < 4.78 is 38.7. The van der Waals surface area contributed by atoms with Crippen LogP contribution in [0.25, 0.3) is 0 Å². The Kier molecular flexibility index (Phi) is 4.44. The molecular weight excluding hydrogens is 241 g/mol.